The molecule has 0 radical (unpaired) electrons. The molecule has 2 rings (SSSR count). The summed E-state index contributed by atoms with van der Waals surface area (Å²) < 4.78 is 5.45. The van der Waals surface area contributed by atoms with Crippen LogP contribution in [0.2, 0.25) is 0 Å². The van der Waals surface area contributed by atoms with Crippen molar-refractivity contribution in [3.63, 3.8) is 0 Å². The van der Waals surface area contributed by atoms with Gasteiger partial charge in [0, 0.05) is 12.2 Å². The van der Waals surface area contributed by atoms with Crippen LogP contribution in [0.3, 0.4) is 0 Å². The highest BCUT2D eigenvalue weighted by Crippen LogP contribution is 2.15. The van der Waals surface area contributed by atoms with Gasteiger partial charge in [-0.25, -0.2) is 0 Å². The number of carbonyl (C=O) groups excluding carboxylic acids is 1. The fraction of sp³-hybridized carbons (Fsp3) is 0.500. The van der Waals surface area contributed by atoms with Crippen LogP contribution in [0.15, 0.2) is 24.3 Å². The SMILES string of the molecule is CC1OCCC1NC(=O)c1ccccc1CCN. The molecule has 4 nitrogen and oxygen atoms in total. The molecule has 1 amide bonds. The first-order valence-corrected chi connectivity index (χ1v) is 6.43. The Labute approximate surface area is 108 Å². The summed E-state index contributed by atoms with van der Waals surface area (Å²) in [7, 11) is 0. The van der Waals surface area contributed by atoms with Crippen molar-refractivity contribution in [2.75, 3.05) is 13.2 Å². The molecule has 0 aromatic heterocycles. The summed E-state index contributed by atoms with van der Waals surface area (Å²) in [5.41, 5.74) is 7.29. The first-order chi connectivity index (χ1) is 8.72. The van der Waals surface area contributed by atoms with Crippen molar-refractivity contribution in [2.24, 2.45) is 5.73 Å². The standard InChI is InChI=1S/C14H20N2O2/c1-10-13(7-9-18-10)16-14(17)12-5-3-2-4-11(12)6-8-15/h2-5,10,13H,6-9,15H2,1H3,(H,16,17). The van der Waals surface area contributed by atoms with Crippen LogP contribution in [-0.4, -0.2) is 31.2 Å². The average Bonchev–Trinajstić information content (AvgIpc) is 2.76. The van der Waals surface area contributed by atoms with Crippen LogP contribution < -0.4 is 11.1 Å². The molecule has 1 aliphatic heterocycles. The van der Waals surface area contributed by atoms with E-state index in [-0.39, 0.29) is 18.1 Å². The Kier molecular flexibility index (Phi) is 4.33. The maximum atomic E-state index is 12.2. The number of hydrogen-bond donors (Lipinski definition) is 2. The molecule has 18 heavy (non-hydrogen) atoms. The number of nitrogens with two attached hydrogens (primary N) is 1. The van der Waals surface area contributed by atoms with Gasteiger partial charge in [0.25, 0.3) is 5.91 Å². The minimum Gasteiger partial charge on any atom is -0.376 e. The summed E-state index contributed by atoms with van der Waals surface area (Å²) in [5, 5.41) is 3.04. The quantitative estimate of drug-likeness (QED) is 0.838. The van der Waals surface area contributed by atoms with Gasteiger partial charge in [0.2, 0.25) is 0 Å². The third-order valence-corrected chi connectivity index (χ3v) is 3.37. The van der Waals surface area contributed by atoms with Crippen molar-refractivity contribution in [1.29, 1.82) is 0 Å². The lowest BCUT2D eigenvalue weighted by Crippen LogP contribution is -2.39. The largest absolute Gasteiger partial charge is 0.376 e. The second-order valence-electron chi connectivity index (χ2n) is 4.64. The zero-order chi connectivity index (χ0) is 13.0. The van der Waals surface area contributed by atoms with E-state index in [9.17, 15) is 4.79 Å². The average molecular weight is 248 g/mol. The molecule has 98 valence electrons. The number of benzene rings is 1. The molecule has 4 heteroatoms. The van der Waals surface area contributed by atoms with Crippen LogP contribution in [0.1, 0.15) is 29.3 Å². The van der Waals surface area contributed by atoms with Gasteiger partial charge in [0.05, 0.1) is 12.1 Å². The number of nitrogens with one attached hydrogen (secondary N) is 1. The minimum atomic E-state index is -0.0265. The number of hydrogen-bond acceptors (Lipinski definition) is 3. The van der Waals surface area contributed by atoms with Gasteiger partial charge in [-0.3, -0.25) is 4.79 Å². The summed E-state index contributed by atoms with van der Waals surface area (Å²) in [6.45, 7) is 3.26. The van der Waals surface area contributed by atoms with E-state index in [1.807, 2.05) is 31.2 Å². The maximum absolute atomic E-state index is 12.2. The summed E-state index contributed by atoms with van der Waals surface area (Å²) in [6.07, 6.45) is 1.70. The van der Waals surface area contributed by atoms with E-state index in [1.54, 1.807) is 0 Å². The lowest BCUT2D eigenvalue weighted by molar-refractivity contribution is 0.0865. The summed E-state index contributed by atoms with van der Waals surface area (Å²) in [4.78, 5) is 12.2. The van der Waals surface area contributed by atoms with E-state index in [4.69, 9.17) is 10.5 Å². The number of carbonyl (C=O) groups is 1. The van der Waals surface area contributed by atoms with Crippen molar-refractivity contribution in [1.82, 2.24) is 5.32 Å². The molecule has 0 saturated carbocycles. The minimum absolute atomic E-state index is 0.0265. The van der Waals surface area contributed by atoms with Crippen molar-refractivity contribution < 1.29 is 9.53 Å². The Bertz CT molecular complexity index is 420. The molecule has 0 aliphatic carbocycles. The lowest BCUT2D eigenvalue weighted by Gasteiger charge is -2.17. The first kappa shape index (κ1) is 13.1. The van der Waals surface area contributed by atoms with Crippen LogP contribution in [0.4, 0.5) is 0 Å². The Morgan fingerprint density at radius 2 is 2.28 bits per heavy atom. The second-order valence-corrected chi connectivity index (χ2v) is 4.64. The molecule has 1 heterocycles. The first-order valence-electron chi connectivity index (χ1n) is 6.43. The monoisotopic (exact) mass is 248 g/mol. The van der Waals surface area contributed by atoms with Gasteiger partial charge in [-0.1, -0.05) is 18.2 Å². The molecule has 0 bridgehead atoms. The van der Waals surface area contributed by atoms with Crippen LogP contribution >= 0.6 is 0 Å². The molecule has 1 aliphatic rings. The molecule has 3 N–H and O–H groups in total. The van der Waals surface area contributed by atoms with Gasteiger partial charge in [0.1, 0.15) is 0 Å². The lowest BCUT2D eigenvalue weighted by atomic mass is 10.0. The number of ether oxygens (including phenoxy) is 1. The second kappa shape index (κ2) is 5.98. The molecule has 1 aromatic rings. The van der Waals surface area contributed by atoms with Gasteiger partial charge in [-0.05, 0) is 37.9 Å². The fourth-order valence-corrected chi connectivity index (χ4v) is 2.28. The summed E-state index contributed by atoms with van der Waals surface area (Å²) in [6, 6.07) is 7.73. The Balaban J connectivity index is 2.08. The van der Waals surface area contributed by atoms with Crippen molar-refractivity contribution >= 4 is 5.91 Å². The topological polar surface area (TPSA) is 64.3 Å². The van der Waals surface area contributed by atoms with E-state index >= 15 is 0 Å². The fourth-order valence-electron chi connectivity index (χ4n) is 2.28. The van der Waals surface area contributed by atoms with Gasteiger partial charge >= 0.3 is 0 Å². The van der Waals surface area contributed by atoms with Gasteiger partial charge in [0.15, 0.2) is 0 Å². The smallest absolute Gasteiger partial charge is 0.251 e. The highest BCUT2D eigenvalue weighted by molar-refractivity contribution is 5.95. The highest BCUT2D eigenvalue weighted by atomic mass is 16.5. The number of rotatable bonds is 4. The maximum Gasteiger partial charge on any atom is 0.251 e. The van der Waals surface area contributed by atoms with E-state index in [0.29, 0.717) is 6.54 Å². The molecular formula is C14H20N2O2. The molecule has 1 aromatic carbocycles. The number of amides is 1. The van der Waals surface area contributed by atoms with Crippen molar-refractivity contribution in [2.45, 2.75) is 31.9 Å². The molecule has 1 saturated heterocycles. The highest BCUT2D eigenvalue weighted by Gasteiger charge is 2.26. The van der Waals surface area contributed by atoms with E-state index in [0.717, 1.165) is 30.6 Å². The van der Waals surface area contributed by atoms with E-state index in [2.05, 4.69) is 5.32 Å². The van der Waals surface area contributed by atoms with Crippen LogP contribution in [-0.2, 0) is 11.2 Å². The van der Waals surface area contributed by atoms with Gasteiger partial charge in [-0.15, -0.1) is 0 Å². The third kappa shape index (κ3) is 2.89. The summed E-state index contributed by atoms with van der Waals surface area (Å²) >= 11 is 0. The Morgan fingerprint density at radius 1 is 1.50 bits per heavy atom. The van der Waals surface area contributed by atoms with Crippen molar-refractivity contribution in [3.8, 4) is 0 Å². The molecule has 2 atom stereocenters. The van der Waals surface area contributed by atoms with Crippen LogP contribution in [0.25, 0.3) is 0 Å². The molecular weight excluding hydrogens is 228 g/mol. The zero-order valence-corrected chi connectivity index (χ0v) is 10.7. The van der Waals surface area contributed by atoms with Crippen LogP contribution in [0.5, 0.6) is 0 Å². The Morgan fingerprint density at radius 3 is 2.94 bits per heavy atom. The normalized spacial score (nSPS) is 23.0. The van der Waals surface area contributed by atoms with E-state index in [1.165, 1.54) is 0 Å². The van der Waals surface area contributed by atoms with Crippen LogP contribution in [0, 0.1) is 0 Å². The molecule has 0 spiro atoms. The summed E-state index contributed by atoms with van der Waals surface area (Å²) in [5.74, 6) is -0.0265. The predicted molar refractivity (Wildman–Crippen MR) is 70.5 cm³/mol. The molecule has 2 unspecified atom stereocenters. The van der Waals surface area contributed by atoms with Gasteiger partial charge < -0.3 is 15.8 Å². The zero-order valence-electron chi connectivity index (χ0n) is 10.7. The third-order valence-electron chi connectivity index (χ3n) is 3.37. The predicted octanol–water partition coefficient (Wildman–Crippen LogP) is 1.10. The Hall–Kier alpha value is -1.39. The van der Waals surface area contributed by atoms with Crippen molar-refractivity contribution in [3.05, 3.63) is 35.4 Å². The molecule has 1 fully saturated rings. The van der Waals surface area contributed by atoms with Gasteiger partial charge in [-0.2, -0.15) is 0 Å². The van der Waals surface area contributed by atoms with E-state index < -0.39 is 0 Å².